The monoisotopic (exact) mass is 406 g/mol. The number of carboxylic acid groups (broad SMARTS) is 1. The van der Waals surface area contributed by atoms with E-state index in [-0.39, 0.29) is 24.6 Å². The maximum Gasteiger partial charge on any atom is 0.341 e. The van der Waals surface area contributed by atoms with Crippen molar-refractivity contribution in [3.8, 4) is 0 Å². The van der Waals surface area contributed by atoms with Crippen molar-refractivity contribution < 1.29 is 23.9 Å². The fraction of sp³-hybridized carbons (Fsp3) is 0.421. The smallest absolute Gasteiger partial charge is 0.341 e. The largest absolute Gasteiger partial charge is 0.477 e. The molecule has 0 atom stereocenters. The van der Waals surface area contributed by atoms with E-state index in [4.69, 9.17) is 5.73 Å². The lowest BCUT2D eigenvalue weighted by Crippen LogP contribution is -2.27. The van der Waals surface area contributed by atoms with Gasteiger partial charge in [0.1, 0.15) is 11.3 Å². The van der Waals surface area contributed by atoms with Crippen molar-refractivity contribution in [2.45, 2.75) is 32.7 Å². The highest BCUT2D eigenvalue weighted by Gasteiger charge is 2.40. The van der Waals surface area contributed by atoms with Crippen LogP contribution in [0.4, 0.5) is 20.2 Å². The fourth-order valence-corrected chi connectivity index (χ4v) is 3.97. The van der Waals surface area contributed by atoms with Crippen LogP contribution in [0.5, 0.6) is 0 Å². The topological polar surface area (TPSA) is 121 Å². The van der Waals surface area contributed by atoms with Gasteiger partial charge in [-0.05, 0) is 12.8 Å². The van der Waals surface area contributed by atoms with Gasteiger partial charge in [-0.3, -0.25) is 4.79 Å². The summed E-state index contributed by atoms with van der Waals surface area (Å²) in [5.74, 6) is -3.60. The number of carboxylic acids is 1. The summed E-state index contributed by atoms with van der Waals surface area (Å²) in [5, 5.41) is 21.3. The molecular weight excluding hydrogens is 386 g/mol. The molecule has 1 aromatic heterocycles. The number of hydrogen-bond acceptors (Lipinski definition) is 6. The Balaban J connectivity index is 2.05. The summed E-state index contributed by atoms with van der Waals surface area (Å²) in [6.07, 6.45) is 2.46. The molecule has 1 aromatic carbocycles. The molecule has 0 spiro atoms. The van der Waals surface area contributed by atoms with Crippen LogP contribution in [0.15, 0.2) is 16.1 Å². The summed E-state index contributed by atoms with van der Waals surface area (Å²) in [5.41, 5.74) is 2.81. The molecule has 1 saturated heterocycles. The summed E-state index contributed by atoms with van der Waals surface area (Å²) in [7, 11) is 0. The van der Waals surface area contributed by atoms with Crippen molar-refractivity contribution in [1.29, 1.82) is 0 Å². The number of nitrogen functional groups attached to an aromatic ring is 1. The summed E-state index contributed by atoms with van der Waals surface area (Å²) in [6.45, 7) is 3.72. The van der Waals surface area contributed by atoms with Crippen LogP contribution in [0.1, 0.15) is 43.1 Å². The van der Waals surface area contributed by atoms with E-state index in [9.17, 15) is 19.9 Å². The minimum Gasteiger partial charge on any atom is -0.477 e. The molecule has 29 heavy (non-hydrogen) atoms. The molecule has 2 aliphatic rings. The molecule has 2 heterocycles. The van der Waals surface area contributed by atoms with E-state index in [0.29, 0.717) is 18.6 Å². The van der Waals surface area contributed by atoms with Crippen molar-refractivity contribution in [3.63, 3.8) is 0 Å². The van der Waals surface area contributed by atoms with Gasteiger partial charge in [-0.2, -0.15) is 0 Å². The maximum atomic E-state index is 15.7. The molecule has 4 N–H and O–H groups in total. The number of fused-ring (bicyclic) bond motifs is 1. The van der Waals surface area contributed by atoms with Gasteiger partial charge < -0.3 is 25.5 Å². The van der Waals surface area contributed by atoms with Gasteiger partial charge in [-0.15, -0.1) is 0 Å². The Hall–Kier alpha value is -3.17. The molecule has 154 valence electrons. The highest BCUT2D eigenvalue weighted by Crippen LogP contribution is 2.43. The predicted molar refractivity (Wildman–Crippen MR) is 103 cm³/mol. The number of hydrogen-bond donors (Lipinski definition) is 3. The van der Waals surface area contributed by atoms with Crippen LogP contribution in [0.2, 0.25) is 0 Å². The quantitative estimate of drug-likeness (QED) is 0.409. The summed E-state index contributed by atoms with van der Waals surface area (Å²) in [6, 6.07) is -0.187. The van der Waals surface area contributed by atoms with Crippen LogP contribution in [0.3, 0.4) is 0 Å². The molecule has 8 nitrogen and oxygen atoms in total. The van der Waals surface area contributed by atoms with Crippen LogP contribution < -0.4 is 16.1 Å². The standard InChI is InChI=1S/C19H20F2N4O4/c1-19(2)7-24(6-10(19)23-29)16-12(20)14(22)11-15(13(16)21)25(8-3-4-8)5-9(17(11)26)18(27)28/h5,8,29H,3-4,6-7,22H2,1-2H3,(H,27,28). The predicted octanol–water partition coefficient (Wildman–Crippen LogP) is 2.57. The molecule has 1 saturated carbocycles. The van der Waals surface area contributed by atoms with E-state index >= 15 is 8.78 Å². The van der Waals surface area contributed by atoms with Crippen molar-refractivity contribution in [2.75, 3.05) is 23.7 Å². The Morgan fingerprint density at radius 1 is 1.31 bits per heavy atom. The molecule has 4 rings (SSSR count). The average molecular weight is 406 g/mol. The number of pyridine rings is 1. The zero-order chi connectivity index (χ0) is 21.2. The first-order valence-electron chi connectivity index (χ1n) is 9.13. The summed E-state index contributed by atoms with van der Waals surface area (Å²) >= 11 is 0. The number of nitrogens with two attached hydrogens (primary N) is 1. The first-order valence-corrected chi connectivity index (χ1v) is 9.13. The van der Waals surface area contributed by atoms with E-state index in [1.54, 1.807) is 13.8 Å². The molecule has 0 bridgehead atoms. The third-order valence-corrected chi connectivity index (χ3v) is 5.68. The lowest BCUT2D eigenvalue weighted by atomic mass is 9.91. The normalized spacial score (nSPS) is 20.0. The van der Waals surface area contributed by atoms with Crippen molar-refractivity contribution in [1.82, 2.24) is 4.57 Å². The van der Waals surface area contributed by atoms with Gasteiger partial charge in [0.05, 0.1) is 28.8 Å². The zero-order valence-corrected chi connectivity index (χ0v) is 15.9. The number of oxime groups is 1. The molecule has 0 amide bonds. The number of halogens is 2. The van der Waals surface area contributed by atoms with E-state index < -0.39 is 50.8 Å². The molecular formula is C19H20F2N4O4. The number of aromatic carboxylic acids is 1. The van der Waals surface area contributed by atoms with Gasteiger partial charge in [0.2, 0.25) is 5.43 Å². The second-order valence-electron chi connectivity index (χ2n) is 8.22. The Kier molecular flexibility index (Phi) is 4.07. The van der Waals surface area contributed by atoms with Crippen LogP contribution >= 0.6 is 0 Å². The molecule has 10 heteroatoms. The minimum atomic E-state index is -1.49. The van der Waals surface area contributed by atoms with Gasteiger partial charge in [-0.25, -0.2) is 13.6 Å². The summed E-state index contributed by atoms with van der Waals surface area (Å²) in [4.78, 5) is 25.5. The molecule has 2 aromatic rings. The molecule has 0 unspecified atom stereocenters. The average Bonchev–Trinajstić information content (AvgIpc) is 3.43. The number of rotatable bonds is 3. The SMILES string of the molecule is CC1(C)CN(c2c(F)c(N)c3c(=O)c(C(=O)O)cn(C4CC4)c3c2F)CC1=NO. The Morgan fingerprint density at radius 2 is 1.97 bits per heavy atom. The third-order valence-electron chi connectivity index (χ3n) is 5.68. The second kappa shape index (κ2) is 6.16. The summed E-state index contributed by atoms with van der Waals surface area (Å²) < 4.78 is 32.2. The third kappa shape index (κ3) is 2.73. The van der Waals surface area contributed by atoms with Crippen molar-refractivity contribution in [3.05, 3.63) is 33.6 Å². The van der Waals surface area contributed by atoms with Crippen LogP contribution in [-0.4, -0.2) is 39.7 Å². The first kappa shape index (κ1) is 19.2. The van der Waals surface area contributed by atoms with Crippen molar-refractivity contribution >= 4 is 34.0 Å². The number of carbonyl (C=O) groups is 1. The highest BCUT2D eigenvalue weighted by atomic mass is 19.1. The minimum absolute atomic E-state index is 0.0108. The fourth-order valence-electron chi connectivity index (χ4n) is 3.97. The Bertz CT molecular complexity index is 1150. The lowest BCUT2D eigenvalue weighted by Gasteiger charge is -2.24. The Labute approximate surface area is 163 Å². The zero-order valence-electron chi connectivity index (χ0n) is 15.9. The van der Waals surface area contributed by atoms with Gasteiger partial charge in [-0.1, -0.05) is 19.0 Å². The van der Waals surface area contributed by atoms with Gasteiger partial charge >= 0.3 is 5.97 Å². The first-order chi connectivity index (χ1) is 13.6. The second-order valence-corrected chi connectivity index (χ2v) is 8.22. The van der Waals surface area contributed by atoms with E-state index in [1.165, 1.54) is 9.47 Å². The van der Waals surface area contributed by atoms with Crippen LogP contribution in [0.25, 0.3) is 10.9 Å². The van der Waals surface area contributed by atoms with E-state index in [1.807, 2.05) is 0 Å². The van der Waals surface area contributed by atoms with Gasteiger partial charge in [0.15, 0.2) is 11.6 Å². The number of aromatic nitrogens is 1. The van der Waals surface area contributed by atoms with Crippen molar-refractivity contribution in [2.24, 2.45) is 10.6 Å². The number of anilines is 2. The molecule has 1 aliphatic heterocycles. The molecule has 0 radical (unpaired) electrons. The van der Waals surface area contributed by atoms with Crippen LogP contribution in [0, 0.1) is 17.0 Å². The van der Waals surface area contributed by atoms with Gasteiger partial charge in [0, 0.05) is 24.2 Å². The number of nitrogens with zero attached hydrogens (tertiary/aromatic N) is 3. The van der Waals surface area contributed by atoms with Crippen LogP contribution in [-0.2, 0) is 0 Å². The number of benzene rings is 1. The van der Waals surface area contributed by atoms with E-state index in [0.717, 1.165) is 6.20 Å². The maximum absolute atomic E-state index is 15.7. The molecule has 2 fully saturated rings. The van der Waals surface area contributed by atoms with Gasteiger partial charge in [0.25, 0.3) is 0 Å². The highest BCUT2D eigenvalue weighted by molar-refractivity contribution is 6.01. The lowest BCUT2D eigenvalue weighted by molar-refractivity contribution is 0.0695. The molecule has 1 aliphatic carbocycles. The van der Waals surface area contributed by atoms with E-state index in [2.05, 4.69) is 5.16 Å². The Morgan fingerprint density at radius 3 is 2.48 bits per heavy atom.